The van der Waals surface area contributed by atoms with Crippen molar-refractivity contribution < 1.29 is 9.84 Å². The number of pyridine rings is 1. The number of aryl methyl sites for hydroxylation is 1. The summed E-state index contributed by atoms with van der Waals surface area (Å²) in [4.78, 5) is 6.55. The van der Waals surface area contributed by atoms with Crippen molar-refractivity contribution in [2.45, 2.75) is 20.0 Å². The second-order valence-electron chi connectivity index (χ2n) is 4.67. The minimum atomic E-state index is 0.0497. The van der Waals surface area contributed by atoms with Crippen molar-refractivity contribution in [3.8, 4) is 0 Å². The molecule has 1 aromatic heterocycles. The Morgan fingerprint density at radius 1 is 1.59 bits per heavy atom. The van der Waals surface area contributed by atoms with Crippen LogP contribution in [0.3, 0.4) is 0 Å². The number of anilines is 1. The summed E-state index contributed by atoms with van der Waals surface area (Å²) in [6.07, 6.45) is 2.92. The van der Waals surface area contributed by atoms with E-state index < -0.39 is 0 Å². The lowest BCUT2D eigenvalue weighted by molar-refractivity contribution is 0.161. The molecule has 0 aliphatic carbocycles. The van der Waals surface area contributed by atoms with Crippen LogP contribution in [0.4, 0.5) is 5.69 Å². The summed E-state index contributed by atoms with van der Waals surface area (Å²) in [5.74, 6) is 0.597. The van der Waals surface area contributed by atoms with Crippen molar-refractivity contribution in [1.82, 2.24) is 4.98 Å². The second kappa shape index (κ2) is 5.47. The number of aromatic nitrogens is 1. The lowest BCUT2D eigenvalue weighted by Gasteiger charge is -2.21. The van der Waals surface area contributed by atoms with Crippen LogP contribution >= 0.6 is 0 Å². The van der Waals surface area contributed by atoms with Crippen molar-refractivity contribution in [3.05, 3.63) is 23.5 Å². The molecular formula is C13H20N2O2. The van der Waals surface area contributed by atoms with Crippen LogP contribution in [0.15, 0.2) is 12.3 Å². The Morgan fingerprint density at radius 2 is 2.41 bits per heavy atom. The minimum Gasteiger partial charge on any atom is -0.392 e. The first-order valence-electron chi connectivity index (χ1n) is 6.05. The van der Waals surface area contributed by atoms with Crippen molar-refractivity contribution in [2.24, 2.45) is 5.92 Å². The zero-order valence-electron chi connectivity index (χ0n) is 10.5. The fourth-order valence-corrected chi connectivity index (χ4v) is 2.41. The first-order valence-corrected chi connectivity index (χ1v) is 6.05. The summed E-state index contributed by atoms with van der Waals surface area (Å²) in [5, 5.41) is 9.35. The maximum absolute atomic E-state index is 9.35. The Hall–Kier alpha value is -1.13. The summed E-state index contributed by atoms with van der Waals surface area (Å²) in [7, 11) is 1.75. The van der Waals surface area contributed by atoms with Gasteiger partial charge in [0.05, 0.1) is 13.2 Å². The number of aliphatic hydroxyl groups excluding tert-OH is 1. The monoisotopic (exact) mass is 236 g/mol. The summed E-state index contributed by atoms with van der Waals surface area (Å²) in [6.45, 7) is 4.88. The van der Waals surface area contributed by atoms with Gasteiger partial charge in [-0.15, -0.1) is 0 Å². The summed E-state index contributed by atoms with van der Waals surface area (Å²) < 4.78 is 5.20. The molecule has 94 valence electrons. The van der Waals surface area contributed by atoms with Crippen LogP contribution in [0.25, 0.3) is 0 Å². The van der Waals surface area contributed by atoms with Gasteiger partial charge in [0, 0.05) is 49.3 Å². The third kappa shape index (κ3) is 2.76. The van der Waals surface area contributed by atoms with E-state index in [2.05, 4.69) is 16.0 Å². The van der Waals surface area contributed by atoms with Gasteiger partial charge in [0.25, 0.3) is 0 Å². The summed E-state index contributed by atoms with van der Waals surface area (Å²) in [5.41, 5.74) is 3.03. The number of methoxy groups -OCH3 is 1. The molecule has 0 amide bonds. The quantitative estimate of drug-likeness (QED) is 0.857. The van der Waals surface area contributed by atoms with Crippen LogP contribution in [0.2, 0.25) is 0 Å². The molecule has 0 saturated carbocycles. The lowest BCUT2D eigenvalue weighted by atomic mass is 10.1. The van der Waals surface area contributed by atoms with Gasteiger partial charge >= 0.3 is 0 Å². The molecular weight excluding hydrogens is 216 g/mol. The fourth-order valence-electron chi connectivity index (χ4n) is 2.41. The SMILES string of the molecule is COCC1CCN(c2cc(C)ncc2CO)C1. The van der Waals surface area contributed by atoms with Crippen LogP contribution in [0.1, 0.15) is 17.7 Å². The molecule has 1 atom stereocenters. The van der Waals surface area contributed by atoms with Crippen molar-refractivity contribution in [2.75, 3.05) is 31.7 Å². The molecule has 1 N–H and O–H groups in total. The van der Waals surface area contributed by atoms with E-state index in [1.807, 2.05) is 6.92 Å². The Kier molecular flexibility index (Phi) is 3.97. The van der Waals surface area contributed by atoms with E-state index in [9.17, 15) is 5.11 Å². The third-order valence-electron chi connectivity index (χ3n) is 3.30. The molecule has 1 aromatic rings. The highest BCUT2D eigenvalue weighted by molar-refractivity contribution is 5.54. The number of aliphatic hydroxyl groups is 1. The van der Waals surface area contributed by atoms with E-state index in [0.29, 0.717) is 5.92 Å². The van der Waals surface area contributed by atoms with E-state index in [1.54, 1.807) is 13.3 Å². The van der Waals surface area contributed by atoms with Gasteiger partial charge in [0.2, 0.25) is 0 Å². The molecule has 4 heteroatoms. The molecule has 1 saturated heterocycles. The van der Waals surface area contributed by atoms with Gasteiger partial charge in [0.15, 0.2) is 0 Å². The zero-order valence-corrected chi connectivity index (χ0v) is 10.5. The Balaban J connectivity index is 2.14. The number of ether oxygens (including phenoxy) is 1. The van der Waals surface area contributed by atoms with Gasteiger partial charge in [-0.25, -0.2) is 0 Å². The van der Waals surface area contributed by atoms with Crippen molar-refractivity contribution in [3.63, 3.8) is 0 Å². The summed E-state index contributed by atoms with van der Waals surface area (Å²) in [6, 6.07) is 2.06. The molecule has 2 rings (SSSR count). The molecule has 0 aromatic carbocycles. The molecule has 0 bridgehead atoms. The second-order valence-corrected chi connectivity index (χ2v) is 4.67. The number of hydrogen-bond acceptors (Lipinski definition) is 4. The van der Waals surface area contributed by atoms with E-state index in [4.69, 9.17) is 4.74 Å². The normalized spacial score (nSPS) is 19.9. The van der Waals surface area contributed by atoms with E-state index >= 15 is 0 Å². The average molecular weight is 236 g/mol. The molecule has 1 aliphatic rings. The highest BCUT2D eigenvalue weighted by Gasteiger charge is 2.24. The van der Waals surface area contributed by atoms with Crippen LogP contribution in [0.5, 0.6) is 0 Å². The Labute approximate surface area is 102 Å². The first-order chi connectivity index (χ1) is 8.24. The Bertz CT molecular complexity index is 382. The molecule has 17 heavy (non-hydrogen) atoms. The first kappa shape index (κ1) is 12.3. The predicted molar refractivity (Wildman–Crippen MR) is 67.1 cm³/mol. The summed E-state index contributed by atoms with van der Waals surface area (Å²) >= 11 is 0. The zero-order chi connectivity index (χ0) is 12.3. The van der Waals surface area contributed by atoms with E-state index in [0.717, 1.165) is 43.1 Å². The van der Waals surface area contributed by atoms with Crippen LogP contribution < -0.4 is 4.90 Å². The average Bonchev–Trinajstić information content (AvgIpc) is 2.78. The van der Waals surface area contributed by atoms with Gasteiger partial charge in [-0.3, -0.25) is 4.98 Å². The highest BCUT2D eigenvalue weighted by atomic mass is 16.5. The smallest absolute Gasteiger partial charge is 0.0717 e. The lowest BCUT2D eigenvalue weighted by Crippen LogP contribution is -2.22. The molecule has 1 aliphatic heterocycles. The Morgan fingerprint density at radius 3 is 3.12 bits per heavy atom. The minimum absolute atomic E-state index is 0.0497. The highest BCUT2D eigenvalue weighted by Crippen LogP contribution is 2.27. The van der Waals surface area contributed by atoms with Gasteiger partial charge < -0.3 is 14.7 Å². The molecule has 0 radical (unpaired) electrons. The van der Waals surface area contributed by atoms with Gasteiger partial charge in [-0.1, -0.05) is 0 Å². The van der Waals surface area contributed by atoms with Crippen LogP contribution in [-0.4, -0.2) is 36.9 Å². The standard InChI is InChI=1S/C13H20N2O2/c1-10-5-13(12(8-16)6-14-10)15-4-3-11(7-15)9-17-2/h5-6,11,16H,3-4,7-9H2,1-2H3. The van der Waals surface area contributed by atoms with Gasteiger partial charge in [-0.2, -0.15) is 0 Å². The maximum Gasteiger partial charge on any atom is 0.0717 e. The molecule has 2 heterocycles. The largest absolute Gasteiger partial charge is 0.392 e. The number of hydrogen-bond donors (Lipinski definition) is 1. The van der Waals surface area contributed by atoms with E-state index in [1.165, 1.54) is 0 Å². The van der Waals surface area contributed by atoms with Crippen molar-refractivity contribution in [1.29, 1.82) is 0 Å². The maximum atomic E-state index is 9.35. The van der Waals surface area contributed by atoms with E-state index in [-0.39, 0.29) is 6.61 Å². The molecule has 1 fully saturated rings. The van der Waals surface area contributed by atoms with Crippen LogP contribution in [0, 0.1) is 12.8 Å². The predicted octanol–water partition coefficient (Wildman–Crippen LogP) is 1.36. The topological polar surface area (TPSA) is 45.6 Å². The fraction of sp³-hybridized carbons (Fsp3) is 0.615. The van der Waals surface area contributed by atoms with Gasteiger partial charge in [-0.05, 0) is 19.4 Å². The van der Waals surface area contributed by atoms with Crippen LogP contribution in [-0.2, 0) is 11.3 Å². The molecule has 0 spiro atoms. The van der Waals surface area contributed by atoms with Crippen molar-refractivity contribution >= 4 is 5.69 Å². The third-order valence-corrected chi connectivity index (χ3v) is 3.30. The molecule has 1 unspecified atom stereocenters. The molecule has 4 nitrogen and oxygen atoms in total. The van der Waals surface area contributed by atoms with Gasteiger partial charge in [0.1, 0.15) is 0 Å². The number of nitrogens with zero attached hydrogens (tertiary/aromatic N) is 2. The number of rotatable bonds is 4.